The van der Waals surface area contributed by atoms with Crippen LogP contribution >= 0.6 is 0 Å². The fraction of sp³-hybridized carbons (Fsp3) is 0.467. The summed E-state index contributed by atoms with van der Waals surface area (Å²) < 4.78 is 5.30. The van der Waals surface area contributed by atoms with E-state index in [-0.39, 0.29) is 5.92 Å². The topological polar surface area (TPSA) is 68.2 Å². The van der Waals surface area contributed by atoms with Gasteiger partial charge in [0, 0.05) is 25.6 Å². The molecule has 0 aliphatic rings. The van der Waals surface area contributed by atoms with Crippen LogP contribution in [0.15, 0.2) is 34.9 Å². The Morgan fingerprint density at radius 2 is 1.95 bits per heavy atom. The zero-order chi connectivity index (χ0) is 14.4. The van der Waals surface area contributed by atoms with Crippen LogP contribution < -0.4 is 5.73 Å². The number of benzene rings is 1. The molecule has 2 rings (SSSR count). The van der Waals surface area contributed by atoms with Gasteiger partial charge < -0.3 is 10.3 Å². The van der Waals surface area contributed by atoms with E-state index in [0.29, 0.717) is 19.0 Å². The lowest BCUT2D eigenvalue weighted by atomic mass is 10.2. The van der Waals surface area contributed by atoms with Crippen molar-refractivity contribution in [2.24, 2.45) is 5.73 Å². The van der Waals surface area contributed by atoms with Gasteiger partial charge in [0.15, 0.2) is 5.82 Å². The molecule has 108 valence electrons. The molecule has 1 aromatic carbocycles. The molecule has 0 amide bonds. The summed E-state index contributed by atoms with van der Waals surface area (Å²) in [4.78, 5) is 6.63. The van der Waals surface area contributed by atoms with Gasteiger partial charge in [-0.2, -0.15) is 4.98 Å². The summed E-state index contributed by atoms with van der Waals surface area (Å²) in [5, 5.41) is 3.99. The first-order chi connectivity index (χ1) is 9.69. The van der Waals surface area contributed by atoms with E-state index >= 15 is 0 Å². The molecule has 0 fully saturated rings. The average Bonchev–Trinajstić information content (AvgIpc) is 2.89. The third kappa shape index (κ3) is 4.15. The van der Waals surface area contributed by atoms with E-state index in [1.165, 1.54) is 5.56 Å². The Morgan fingerprint density at radius 1 is 1.20 bits per heavy atom. The molecule has 2 aromatic rings. The van der Waals surface area contributed by atoms with Gasteiger partial charge in [0.05, 0.1) is 6.54 Å². The summed E-state index contributed by atoms with van der Waals surface area (Å²) in [5.74, 6) is 1.69. The van der Waals surface area contributed by atoms with Crippen molar-refractivity contribution in [2.75, 3.05) is 13.1 Å². The standard InChI is InChI=1S/C15H22N4O/c1-12(2)15-17-14(20-18-15)11-19(9-8-16)10-13-6-4-3-5-7-13/h3-7,12H,8-11,16H2,1-2H3. The average molecular weight is 274 g/mol. The summed E-state index contributed by atoms with van der Waals surface area (Å²) in [6.45, 7) is 6.97. The Bertz CT molecular complexity index is 510. The van der Waals surface area contributed by atoms with Gasteiger partial charge in [-0.05, 0) is 5.56 Å². The second-order valence-corrected chi connectivity index (χ2v) is 5.19. The first-order valence-electron chi connectivity index (χ1n) is 6.98. The van der Waals surface area contributed by atoms with Crippen LogP contribution in [0.1, 0.15) is 37.0 Å². The van der Waals surface area contributed by atoms with Gasteiger partial charge in [0.25, 0.3) is 0 Å². The van der Waals surface area contributed by atoms with Crippen molar-refractivity contribution in [1.29, 1.82) is 0 Å². The molecule has 5 nitrogen and oxygen atoms in total. The third-order valence-electron chi connectivity index (χ3n) is 3.05. The molecule has 20 heavy (non-hydrogen) atoms. The minimum atomic E-state index is 0.282. The Hall–Kier alpha value is -1.72. The number of nitrogens with zero attached hydrogens (tertiary/aromatic N) is 3. The normalized spacial score (nSPS) is 11.4. The maximum absolute atomic E-state index is 5.68. The van der Waals surface area contributed by atoms with Crippen LogP contribution in [-0.2, 0) is 13.1 Å². The first-order valence-corrected chi connectivity index (χ1v) is 6.98. The zero-order valence-corrected chi connectivity index (χ0v) is 12.1. The van der Waals surface area contributed by atoms with E-state index in [0.717, 1.165) is 18.9 Å². The molecule has 0 aliphatic heterocycles. The van der Waals surface area contributed by atoms with Crippen LogP contribution in [0.25, 0.3) is 0 Å². The predicted octanol–water partition coefficient (Wildman–Crippen LogP) is 2.15. The highest BCUT2D eigenvalue weighted by Gasteiger charge is 2.13. The minimum absolute atomic E-state index is 0.282. The van der Waals surface area contributed by atoms with Gasteiger partial charge in [0.2, 0.25) is 5.89 Å². The summed E-state index contributed by atoms with van der Waals surface area (Å²) in [6.07, 6.45) is 0. The van der Waals surface area contributed by atoms with Crippen LogP contribution in [0.2, 0.25) is 0 Å². The van der Waals surface area contributed by atoms with E-state index in [9.17, 15) is 0 Å². The van der Waals surface area contributed by atoms with Crippen molar-refractivity contribution in [1.82, 2.24) is 15.0 Å². The van der Waals surface area contributed by atoms with Crippen LogP contribution in [-0.4, -0.2) is 28.1 Å². The largest absolute Gasteiger partial charge is 0.338 e. The molecule has 2 N–H and O–H groups in total. The molecule has 1 aromatic heterocycles. The predicted molar refractivity (Wildman–Crippen MR) is 78.0 cm³/mol. The highest BCUT2D eigenvalue weighted by molar-refractivity contribution is 5.14. The molecule has 5 heteroatoms. The third-order valence-corrected chi connectivity index (χ3v) is 3.05. The lowest BCUT2D eigenvalue weighted by molar-refractivity contribution is 0.224. The maximum Gasteiger partial charge on any atom is 0.240 e. The van der Waals surface area contributed by atoms with Crippen molar-refractivity contribution in [2.45, 2.75) is 32.9 Å². The Morgan fingerprint density at radius 3 is 2.55 bits per heavy atom. The van der Waals surface area contributed by atoms with Crippen molar-refractivity contribution in [3.8, 4) is 0 Å². The van der Waals surface area contributed by atoms with Crippen molar-refractivity contribution < 1.29 is 4.52 Å². The van der Waals surface area contributed by atoms with E-state index < -0.39 is 0 Å². The van der Waals surface area contributed by atoms with Gasteiger partial charge in [-0.1, -0.05) is 49.3 Å². The van der Waals surface area contributed by atoms with Crippen LogP contribution in [0, 0.1) is 0 Å². The minimum Gasteiger partial charge on any atom is -0.338 e. The number of rotatable bonds is 7. The molecule has 0 saturated carbocycles. The summed E-state index contributed by atoms with van der Waals surface area (Å²) in [7, 11) is 0. The van der Waals surface area contributed by atoms with Crippen molar-refractivity contribution in [3.05, 3.63) is 47.6 Å². The molecule has 0 unspecified atom stereocenters. The Labute approximate surface area is 119 Å². The van der Waals surface area contributed by atoms with Crippen molar-refractivity contribution in [3.63, 3.8) is 0 Å². The number of hydrogen-bond acceptors (Lipinski definition) is 5. The summed E-state index contributed by atoms with van der Waals surface area (Å²) >= 11 is 0. The smallest absolute Gasteiger partial charge is 0.240 e. The molecular weight excluding hydrogens is 252 g/mol. The molecule has 0 spiro atoms. The van der Waals surface area contributed by atoms with Gasteiger partial charge in [-0.15, -0.1) is 0 Å². The number of nitrogens with two attached hydrogens (primary N) is 1. The van der Waals surface area contributed by atoms with E-state index in [1.54, 1.807) is 0 Å². The monoisotopic (exact) mass is 274 g/mol. The molecule has 0 saturated heterocycles. The molecule has 1 heterocycles. The van der Waals surface area contributed by atoms with Crippen LogP contribution in [0.3, 0.4) is 0 Å². The van der Waals surface area contributed by atoms with Crippen LogP contribution in [0.5, 0.6) is 0 Å². The van der Waals surface area contributed by atoms with Crippen molar-refractivity contribution >= 4 is 0 Å². The van der Waals surface area contributed by atoms with Gasteiger partial charge >= 0.3 is 0 Å². The molecule has 0 bridgehead atoms. The second-order valence-electron chi connectivity index (χ2n) is 5.19. The lowest BCUT2D eigenvalue weighted by Crippen LogP contribution is -2.28. The number of aromatic nitrogens is 2. The fourth-order valence-corrected chi connectivity index (χ4v) is 2.00. The highest BCUT2D eigenvalue weighted by Crippen LogP contribution is 2.12. The second kappa shape index (κ2) is 7.17. The Kier molecular flexibility index (Phi) is 5.26. The SMILES string of the molecule is CC(C)c1noc(CN(CCN)Cc2ccccc2)n1. The zero-order valence-electron chi connectivity index (χ0n) is 12.1. The number of hydrogen-bond donors (Lipinski definition) is 1. The molecule has 0 aliphatic carbocycles. The molecule has 0 radical (unpaired) electrons. The van der Waals surface area contributed by atoms with Crippen LogP contribution in [0.4, 0.5) is 0 Å². The molecular formula is C15H22N4O. The maximum atomic E-state index is 5.68. The quantitative estimate of drug-likeness (QED) is 0.838. The van der Waals surface area contributed by atoms with Gasteiger partial charge in [-0.3, -0.25) is 4.90 Å². The van der Waals surface area contributed by atoms with E-state index in [2.05, 4.69) is 41.0 Å². The summed E-state index contributed by atoms with van der Waals surface area (Å²) in [5.41, 5.74) is 6.94. The van der Waals surface area contributed by atoms with E-state index in [1.807, 2.05) is 18.2 Å². The van der Waals surface area contributed by atoms with Gasteiger partial charge in [-0.25, -0.2) is 0 Å². The first kappa shape index (κ1) is 14.7. The van der Waals surface area contributed by atoms with E-state index in [4.69, 9.17) is 10.3 Å². The fourth-order valence-electron chi connectivity index (χ4n) is 2.00. The van der Waals surface area contributed by atoms with Gasteiger partial charge in [0.1, 0.15) is 0 Å². The lowest BCUT2D eigenvalue weighted by Gasteiger charge is -2.19. The Balaban J connectivity index is 2.01. The molecule has 0 atom stereocenters. The summed E-state index contributed by atoms with van der Waals surface area (Å²) in [6, 6.07) is 10.3. The highest BCUT2D eigenvalue weighted by atomic mass is 16.5.